The van der Waals surface area contributed by atoms with Gasteiger partial charge in [-0.05, 0) is 83.5 Å². The summed E-state index contributed by atoms with van der Waals surface area (Å²) in [5.74, 6) is -3.14. The molecule has 12 heteroatoms. The first-order chi connectivity index (χ1) is 36.6. The summed E-state index contributed by atoms with van der Waals surface area (Å²) in [7, 11) is 0. The van der Waals surface area contributed by atoms with Crippen LogP contribution in [0.2, 0.25) is 0 Å². The number of carbonyl (C=O) groups excluding carboxylic acids is 3. The Morgan fingerprint density at radius 2 is 0.827 bits per heavy atom. The molecule has 1 rings (SSSR count). The first-order valence-electron chi connectivity index (χ1n) is 30.3. The molecule has 1 heterocycles. The van der Waals surface area contributed by atoms with Gasteiger partial charge in [-0.15, -0.1) is 0 Å². The molecule has 432 valence electrons. The van der Waals surface area contributed by atoms with Crippen LogP contribution in [0.4, 0.5) is 0 Å². The van der Waals surface area contributed by atoms with Gasteiger partial charge >= 0.3 is 23.9 Å². The van der Waals surface area contributed by atoms with E-state index in [0.717, 1.165) is 122 Å². The molecule has 0 radical (unpaired) electrons. The summed E-state index contributed by atoms with van der Waals surface area (Å²) in [6, 6.07) is 0. The molecule has 0 amide bonds. The molecular formula is C63H108O12. The molecule has 0 bridgehead atoms. The number of aliphatic hydroxyl groups is 2. The van der Waals surface area contributed by atoms with Gasteiger partial charge in [0.05, 0.1) is 6.61 Å². The SMILES string of the molecule is CCC/C=C\C/C=C\CCCCCCCC(=O)OCC(COC1OC(C(=O)O)C(O)C(O)C1OC(=O)CCCCCCCC/C=C\C/C=C\C/C=C\CCCCC)OC(=O)CCCCCCCCCCCCCCC. The zero-order valence-corrected chi connectivity index (χ0v) is 47.5. The Balaban J connectivity index is 2.68. The number of carboxylic acids is 1. The van der Waals surface area contributed by atoms with Crippen LogP contribution < -0.4 is 0 Å². The van der Waals surface area contributed by atoms with E-state index in [-0.39, 0.29) is 25.9 Å². The third-order valence-corrected chi connectivity index (χ3v) is 13.5. The lowest BCUT2D eigenvalue weighted by atomic mass is 9.98. The minimum absolute atomic E-state index is 0.0449. The molecule has 3 N–H and O–H groups in total. The maximum atomic E-state index is 13.1. The first kappa shape index (κ1) is 69.4. The summed E-state index contributed by atoms with van der Waals surface area (Å²) >= 11 is 0. The number of allylic oxidation sites excluding steroid dienone is 10. The molecule has 1 fully saturated rings. The molecular weight excluding hydrogens is 949 g/mol. The van der Waals surface area contributed by atoms with Crippen LogP contribution in [-0.4, -0.2) is 89.2 Å². The highest BCUT2D eigenvalue weighted by atomic mass is 16.7. The fourth-order valence-corrected chi connectivity index (χ4v) is 8.88. The highest BCUT2D eigenvalue weighted by molar-refractivity contribution is 5.74. The average molecular weight is 1060 g/mol. The summed E-state index contributed by atoms with van der Waals surface area (Å²) in [6.45, 7) is 5.89. The standard InChI is InChI=1S/C63H108O12/c1-4-7-10-13-16-19-22-25-26-27-28-29-30-33-36-39-42-45-48-51-57(66)74-61-59(68)58(67)60(62(69)70)75-63(61)72-53-54(73-56(65)50-47-44-41-38-35-32-24-21-18-15-12-9-6-3)52-71-55(64)49-46-43-40-37-34-31-23-20-17-14-11-8-5-2/h11,14,16,19-20,23,25-26,28-29,54,58-61,63,67-68H,4-10,12-13,15,17-18,21-22,24,27,30-53H2,1-3H3,(H,69,70)/b14-11-,19-16-,23-20-,26-25-,29-28-. The molecule has 6 unspecified atom stereocenters. The molecule has 1 saturated heterocycles. The van der Waals surface area contributed by atoms with Gasteiger partial charge in [0, 0.05) is 19.3 Å². The third-order valence-electron chi connectivity index (χ3n) is 13.5. The van der Waals surface area contributed by atoms with Gasteiger partial charge in [0.1, 0.15) is 18.8 Å². The molecule has 1 aliphatic heterocycles. The molecule has 0 aromatic heterocycles. The second-order valence-electron chi connectivity index (χ2n) is 20.6. The molecule has 0 spiro atoms. The van der Waals surface area contributed by atoms with E-state index in [1.807, 2.05) is 0 Å². The molecule has 0 saturated carbocycles. The van der Waals surface area contributed by atoms with E-state index in [1.165, 1.54) is 83.5 Å². The Hall–Kier alpha value is -3.58. The molecule has 0 aliphatic carbocycles. The van der Waals surface area contributed by atoms with Crippen molar-refractivity contribution in [1.82, 2.24) is 0 Å². The third kappa shape index (κ3) is 41.2. The van der Waals surface area contributed by atoms with Crippen LogP contribution in [-0.2, 0) is 42.9 Å². The Kier molecular flexibility index (Phi) is 47.4. The van der Waals surface area contributed by atoms with E-state index in [1.54, 1.807) is 0 Å². The first-order valence-corrected chi connectivity index (χ1v) is 30.3. The molecule has 6 atom stereocenters. The number of carboxylic acid groups (broad SMARTS) is 1. The molecule has 12 nitrogen and oxygen atoms in total. The van der Waals surface area contributed by atoms with E-state index in [9.17, 15) is 34.5 Å². The second-order valence-corrected chi connectivity index (χ2v) is 20.6. The highest BCUT2D eigenvalue weighted by Crippen LogP contribution is 2.26. The predicted octanol–water partition coefficient (Wildman–Crippen LogP) is 15.6. The monoisotopic (exact) mass is 1060 g/mol. The average Bonchev–Trinajstić information content (AvgIpc) is 3.39. The van der Waals surface area contributed by atoms with Crippen LogP contribution in [0.15, 0.2) is 60.8 Å². The van der Waals surface area contributed by atoms with Crippen LogP contribution in [0.5, 0.6) is 0 Å². The number of hydrogen-bond donors (Lipinski definition) is 3. The minimum Gasteiger partial charge on any atom is -0.479 e. The van der Waals surface area contributed by atoms with E-state index in [2.05, 4.69) is 81.5 Å². The lowest BCUT2D eigenvalue weighted by molar-refractivity contribution is -0.301. The summed E-state index contributed by atoms with van der Waals surface area (Å²) in [6.07, 6.45) is 50.4. The minimum atomic E-state index is -1.91. The van der Waals surface area contributed by atoms with Crippen molar-refractivity contribution in [3.05, 3.63) is 60.8 Å². The summed E-state index contributed by atoms with van der Waals surface area (Å²) in [5, 5.41) is 31.5. The normalized spacial score (nSPS) is 18.5. The van der Waals surface area contributed by atoms with Crippen molar-refractivity contribution >= 4 is 23.9 Å². The number of rotatable bonds is 51. The van der Waals surface area contributed by atoms with Crippen LogP contribution in [0.1, 0.15) is 265 Å². The predicted molar refractivity (Wildman–Crippen MR) is 303 cm³/mol. The van der Waals surface area contributed by atoms with Gasteiger partial charge < -0.3 is 39.0 Å². The number of ether oxygens (including phenoxy) is 5. The van der Waals surface area contributed by atoms with Gasteiger partial charge in [-0.2, -0.15) is 0 Å². The Labute approximate surface area is 456 Å². The molecule has 0 aromatic carbocycles. The lowest BCUT2D eigenvalue weighted by Gasteiger charge is -2.40. The Bertz CT molecular complexity index is 1540. The lowest BCUT2D eigenvalue weighted by Crippen LogP contribution is -2.61. The number of esters is 3. The van der Waals surface area contributed by atoms with Crippen molar-refractivity contribution in [2.24, 2.45) is 0 Å². The highest BCUT2D eigenvalue weighted by Gasteiger charge is 2.50. The maximum absolute atomic E-state index is 13.1. The van der Waals surface area contributed by atoms with Crippen LogP contribution in [0.3, 0.4) is 0 Å². The zero-order valence-electron chi connectivity index (χ0n) is 47.5. The van der Waals surface area contributed by atoms with Crippen LogP contribution in [0.25, 0.3) is 0 Å². The fraction of sp³-hybridized carbons (Fsp3) is 0.778. The smallest absolute Gasteiger partial charge is 0.335 e. The molecule has 1 aliphatic rings. The van der Waals surface area contributed by atoms with Gasteiger partial charge in [0.15, 0.2) is 24.6 Å². The number of aliphatic hydroxyl groups excluding tert-OH is 2. The van der Waals surface area contributed by atoms with E-state index in [4.69, 9.17) is 23.7 Å². The largest absolute Gasteiger partial charge is 0.479 e. The van der Waals surface area contributed by atoms with Gasteiger partial charge in [-0.25, -0.2) is 4.79 Å². The Morgan fingerprint density at radius 1 is 0.440 bits per heavy atom. The number of aliphatic carboxylic acids is 1. The summed E-state index contributed by atoms with van der Waals surface area (Å²) < 4.78 is 28.4. The topological polar surface area (TPSA) is 175 Å². The van der Waals surface area contributed by atoms with Crippen molar-refractivity contribution in [1.29, 1.82) is 0 Å². The van der Waals surface area contributed by atoms with E-state index >= 15 is 0 Å². The van der Waals surface area contributed by atoms with E-state index in [0.29, 0.717) is 19.3 Å². The quantitative estimate of drug-likeness (QED) is 0.0228. The van der Waals surface area contributed by atoms with Gasteiger partial charge in [0.25, 0.3) is 0 Å². The Morgan fingerprint density at radius 3 is 1.29 bits per heavy atom. The fourth-order valence-electron chi connectivity index (χ4n) is 8.88. The maximum Gasteiger partial charge on any atom is 0.335 e. The van der Waals surface area contributed by atoms with Crippen molar-refractivity contribution in [3.63, 3.8) is 0 Å². The second kappa shape index (κ2) is 51.2. The van der Waals surface area contributed by atoms with Crippen LogP contribution in [0, 0.1) is 0 Å². The number of carbonyl (C=O) groups is 4. The van der Waals surface area contributed by atoms with Gasteiger partial charge in [-0.1, -0.05) is 223 Å². The summed E-state index contributed by atoms with van der Waals surface area (Å²) in [4.78, 5) is 51.1. The van der Waals surface area contributed by atoms with Crippen molar-refractivity contribution in [2.45, 2.75) is 302 Å². The molecule has 75 heavy (non-hydrogen) atoms. The van der Waals surface area contributed by atoms with Crippen molar-refractivity contribution < 1.29 is 58.2 Å². The molecule has 0 aromatic rings. The van der Waals surface area contributed by atoms with Gasteiger partial charge in [-0.3, -0.25) is 14.4 Å². The van der Waals surface area contributed by atoms with E-state index < -0.39 is 67.3 Å². The van der Waals surface area contributed by atoms with Gasteiger partial charge in [0.2, 0.25) is 0 Å². The van der Waals surface area contributed by atoms with Crippen molar-refractivity contribution in [2.75, 3.05) is 13.2 Å². The van der Waals surface area contributed by atoms with Crippen molar-refractivity contribution in [3.8, 4) is 0 Å². The van der Waals surface area contributed by atoms with Crippen LogP contribution >= 0.6 is 0 Å². The zero-order chi connectivity index (χ0) is 54.7. The summed E-state index contributed by atoms with van der Waals surface area (Å²) in [5.41, 5.74) is 0. The number of hydrogen-bond acceptors (Lipinski definition) is 11. The number of unbranched alkanes of at least 4 members (excludes halogenated alkanes) is 27.